The summed E-state index contributed by atoms with van der Waals surface area (Å²) in [5.74, 6) is -0.393. The Morgan fingerprint density at radius 3 is 2.54 bits per heavy atom. The molecule has 0 aliphatic rings. The largest absolute Gasteiger partial charge is 0.326 e. The van der Waals surface area contributed by atoms with E-state index in [0.717, 1.165) is 28.5 Å². The highest BCUT2D eigenvalue weighted by Crippen LogP contribution is 2.19. The summed E-state index contributed by atoms with van der Waals surface area (Å²) in [6, 6.07) is 20.9. The van der Waals surface area contributed by atoms with Crippen molar-refractivity contribution in [3.8, 4) is 0 Å². The van der Waals surface area contributed by atoms with Gasteiger partial charge in [-0.3, -0.25) is 9.59 Å². The van der Waals surface area contributed by atoms with Crippen LogP contribution in [0.1, 0.15) is 42.6 Å². The fourth-order valence-corrected chi connectivity index (χ4v) is 2.99. The molecule has 0 unspecified atom stereocenters. The van der Waals surface area contributed by atoms with Crippen molar-refractivity contribution in [3.63, 3.8) is 0 Å². The van der Waals surface area contributed by atoms with Crippen molar-refractivity contribution >= 4 is 34.0 Å². The van der Waals surface area contributed by atoms with Crippen LogP contribution in [0.3, 0.4) is 0 Å². The van der Waals surface area contributed by atoms with Gasteiger partial charge >= 0.3 is 0 Å². The van der Waals surface area contributed by atoms with E-state index in [1.54, 1.807) is 24.3 Å². The van der Waals surface area contributed by atoms with Gasteiger partial charge in [-0.1, -0.05) is 55.5 Å². The van der Waals surface area contributed by atoms with E-state index in [-0.39, 0.29) is 11.8 Å². The number of hydrogen-bond donors (Lipinski definition) is 2. The molecule has 0 atom stereocenters. The first kappa shape index (κ1) is 19.3. The van der Waals surface area contributed by atoms with Crippen LogP contribution in [0.4, 0.5) is 5.69 Å². The highest BCUT2D eigenvalue weighted by atomic mass is 16.2. The summed E-state index contributed by atoms with van der Waals surface area (Å²) in [5, 5.41) is 9.27. The number of fused-ring (bicyclic) bond motifs is 1. The van der Waals surface area contributed by atoms with Crippen molar-refractivity contribution in [2.24, 2.45) is 5.10 Å². The molecule has 0 aliphatic carbocycles. The molecule has 2 N–H and O–H groups in total. The lowest BCUT2D eigenvalue weighted by Gasteiger charge is -2.08. The van der Waals surface area contributed by atoms with Crippen LogP contribution < -0.4 is 10.7 Å². The Kier molecular flexibility index (Phi) is 6.17. The molecule has 0 aliphatic heterocycles. The Morgan fingerprint density at radius 2 is 1.71 bits per heavy atom. The van der Waals surface area contributed by atoms with Crippen LogP contribution in [0.2, 0.25) is 0 Å². The SMILES string of the molecule is CCCC(=O)Nc1cccc(C(=O)NN=C(C)c2cccc3ccccc23)c1. The molecule has 0 radical (unpaired) electrons. The summed E-state index contributed by atoms with van der Waals surface area (Å²) >= 11 is 0. The summed E-state index contributed by atoms with van der Waals surface area (Å²) in [4.78, 5) is 24.2. The zero-order valence-electron chi connectivity index (χ0n) is 16.0. The van der Waals surface area contributed by atoms with Gasteiger partial charge in [0.25, 0.3) is 5.91 Å². The van der Waals surface area contributed by atoms with Crippen molar-refractivity contribution in [1.29, 1.82) is 0 Å². The number of amides is 2. The van der Waals surface area contributed by atoms with Crippen LogP contribution in [0.25, 0.3) is 10.8 Å². The van der Waals surface area contributed by atoms with Gasteiger partial charge in [0, 0.05) is 23.2 Å². The maximum absolute atomic E-state index is 12.5. The van der Waals surface area contributed by atoms with Gasteiger partial charge in [-0.2, -0.15) is 5.10 Å². The summed E-state index contributed by atoms with van der Waals surface area (Å²) in [6.07, 6.45) is 1.22. The maximum atomic E-state index is 12.5. The molecule has 3 rings (SSSR count). The highest BCUT2D eigenvalue weighted by molar-refractivity contribution is 6.10. The van der Waals surface area contributed by atoms with E-state index in [2.05, 4.69) is 15.8 Å². The molecule has 0 bridgehead atoms. The zero-order valence-corrected chi connectivity index (χ0v) is 16.0. The summed E-state index contributed by atoms with van der Waals surface area (Å²) in [5.41, 5.74) is 5.33. The predicted octanol–water partition coefficient (Wildman–Crippen LogP) is 4.73. The Hall–Kier alpha value is -3.47. The lowest BCUT2D eigenvalue weighted by Crippen LogP contribution is -2.20. The molecule has 5 nitrogen and oxygen atoms in total. The second-order valence-electron chi connectivity index (χ2n) is 6.54. The minimum Gasteiger partial charge on any atom is -0.326 e. The van der Waals surface area contributed by atoms with Crippen LogP contribution >= 0.6 is 0 Å². The van der Waals surface area contributed by atoms with E-state index in [1.807, 2.05) is 56.3 Å². The number of nitrogens with zero attached hydrogens (tertiary/aromatic N) is 1. The molecular formula is C23H23N3O2. The molecule has 0 heterocycles. The molecule has 0 saturated heterocycles. The van der Waals surface area contributed by atoms with Gasteiger partial charge in [0.15, 0.2) is 0 Å². The molecule has 0 spiro atoms. The Morgan fingerprint density at radius 1 is 0.964 bits per heavy atom. The monoisotopic (exact) mass is 373 g/mol. The number of hydrogen-bond acceptors (Lipinski definition) is 3. The van der Waals surface area contributed by atoms with Gasteiger partial charge in [-0.05, 0) is 42.3 Å². The van der Waals surface area contributed by atoms with E-state index >= 15 is 0 Å². The van der Waals surface area contributed by atoms with E-state index < -0.39 is 0 Å². The molecule has 2 amide bonds. The lowest BCUT2D eigenvalue weighted by atomic mass is 10.0. The number of rotatable bonds is 6. The van der Waals surface area contributed by atoms with Gasteiger partial charge < -0.3 is 5.32 Å². The first-order valence-corrected chi connectivity index (χ1v) is 9.31. The minimum atomic E-state index is -0.328. The average Bonchev–Trinajstić information content (AvgIpc) is 2.71. The topological polar surface area (TPSA) is 70.6 Å². The van der Waals surface area contributed by atoms with Crippen LogP contribution in [0.5, 0.6) is 0 Å². The molecular weight excluding hydrogens is 350 g/mol. The van der Waals surface area contributed by atoms with Gasteiger partial charge in [0.2, 0.25) is 5.91 Å². The van der Waals surface area contributed by atoms with Crippen LogP contribution in [0, 0.1) is 0 Å². The second-order valence-corrected chi connectivity index (χ2v) is 6.54. The predicted molar refractivity (Wildman–Crippen MR) is 114 cm³/mol. The maximum Gasteiger partial charge on any atom is 0.271 e. The third-order valence-corrected chi connectivity index (χ3v) is 4.39. The molecule has 0 saturated carbocycles. The normalized spacial score (nSPS) is 11.3. The third-order valence-electron chi connectivity index (χ3n) is 4.39. The summed E-state index contributed by atoms with van der Waals surface area (Å²) < 4.78 is 0. The van der Waals surface area contributed by atoms with E-state index in [4.69, 9.17) is 0 Å². The number of nitrogens with one attached hydrogen (secondary N) is 2. The fraction of sp³-hybridized carbons (Fsp3) is 0.174. The molecule has 3 aromatic rings. The van der Waals surface area contributed by atoms with Crippen molar-refractivity contribution in [2.45, 2.75) is 26.7 Å². The molecule has 0 aromatic heterocycles. The highest BCUT2D eigenvalue weighted by Gasteiger charge is 2.08. The Balaban J connectivity index is 1.75. The van der Waals surface area contributed by atoms with Crippen LogP contribution in [0.15, 0.2) is 71.8 Å². The van der Waals surface area contributed by atoms with Crippen LogP contribution in [-0.2, 0) is 4.79 Å². The molecule has 3 aromatic carbocycles. The fourth-order valence-electron chi connectivity index (χ4n) is 2.99. The van der Waals surface area contributed by atoms with Crippen molar-refractivity contribution in [1.82, 2.24) is 5.43 Å². The minimum absolute atomic E-state index is 0.0649. The number of carbonyl (C=O) groups is 2. The smallest absolute Gasteiger partial charge is 0.271 e. The summed E-state index contributed by atoms with van der Waals surface area (Å²) in [7, 11) is 0. The standard InChI is InChI=1S/C23H23N3O2/c1-3-8-22(27)24-19-12-6-11-18(15-19)23(28)26-25-16(2)20-14-7-10-17-9-4-5-13-21(17)20/h4-7,9-15H,3,8H2,1-2H3,(H,24,27)(H,26,28). The first-order valence-electron chi connectivity index (χ1n) is 9.31. The number of anilines is 1. The number of carbonyl (C=O) groups excluding carboxylic acids is 2. The first-order chi connectivity index (χ1) is 13.6. The second kappa shape index (κ2) is 8.95. The van der Waals surface area contributed by atoms with E-state index in [1.165, 1.54) is 0 Å². The molecule has 5 heteroatoms. The number of benzene rings is 3. The third kappa shape index (κ3) is 4.62. The quantitative estimate of drug-likeness (QED) is 0.484. The Labute approximate surface area is 164 Å². The Bertz CT molecular complexity index is 1040. The average molecular weight is 373 g/mol. The van der Waals surface area contributed by atoms with Crippen LogP contribution in [-0.4, -0.2) is 17.5 Å². The van der Waals surface area contributed by atoms with Gasteiger partial charge in [0.1, 0.15) is 0 Å². The number of hydrazone groups is 1. The van der Waals surface area contributed by atoms with Crippen molar-refractivity contribution < 1.29 is 9.59 Å². The molecule has 142 valence electrons. The van der Waals surface area contributed by atoms with E-state index in [9.17, 15) is 9.59 Å². The van der Waals surface area contributed by atoms with Gasteiger partial charge in [0.05, 0.1) is 5.71 Å². The lowest BCUT2D eigenvalue weighted by molar-refractivity contribution is -0.116. The van der Waals surface area contributed by atoms with Crippen molar-refractivity contribution in [3.05, 3.63) is 77.9 Å². The molecule has 0 fully saturated rings. The van der Waals surface area contributed by atoms with E-state index in [0.29, 0.717) is 17.7 Å². The van der Waals surface area contributed by atoms with Crippen molar-refractivity contribution in [2.75, 3.05) is 5.32 Å². The van der Waals surface area contributed by atoms with Gasteiger partial charge in [-0.25, -0.2) is 5.43 Å². The zero-order chi connectivity index (χ0) is 19.9. The van der Waals surface area contributed by atoms with Gasteiger partial charge in [-0.15, -0.1) is 0 Å². The summed E-state index contributed by atoms with van der Waals surface area (Å²) in [6.45, 7) is 3.81. The molecule has 28 heavy (non-hydrogen) atoms.